The van der Waals surface area contributed by atoms with Crippen LogP contribution < -0.4 is 4.74 Å². The van der Waals surface area contributed by atoms with Crippen LogP contribution in [0.4, 0.5) is 0 Å². The van der Waals surface area contributed by atoms with Gasteiger partial charge < -0.3 is 9.64 Å². The topological polar surface area (TPSA) is 58.6 Å². The van der Waals surface area contributed by atoms with Crippen LogP contribution in [0, 0.1) is 5.41 Å². The summed E-state index contributed by atoms with van der Waals surface area (Å²) in [4.78, 5) is 24.8. The molecule has 0 aliphatic carbocycles. The summed E-state index contributed by atoms with van der Waals surface area (Å²) in [6.07, 6.45) is 7.41. The molecule has 1 spiro atoms. The van der Waals surface area contributed by atoms with E-state index in [1.54, 1.807) is 0 Å². The Bertz CT molecular complexity index is 837. The van der Waals surface area contributed by atoms with Gasteiger partial charge in [-0.15, -0.1) is 0 Å². The maximum absolute atomic E-state index is 12.5. The molecule has 0 unspecified atom stereocenters. The van der Waals surface area contributed by atoms with Crippen LogP contribution in [-0.2, 0) is 0 Å². The zero-order valence-corrected chi connectivity index (χ0v) is 16.7. The van der Waals surface area contributed by atoms with Crippen LogP contribution in [0.1, 0.15) is 15.9 Å². The fourth-order valence-electron chi connectivity index (χ4n) is 3.76. The fourth-order valence-corrected chi connectivity index (χ4v) is 4.03. The van der Waals surface area contributed by atoms with Crippen LogP contribution >= 0.6 is 15.9 Å². The third-order valence-electron chi connectivity index (χ3n) is 5.06. The maximum Gasteiger partial charge on any atom is 0.316 e. The van der Waals surface area contributed by atoms with Crippen LogP contribution in [-0.4, -0.2) is 65.5 Å². The number of likely N-dealkylation sites (tertiary alicyclic amines) is 2. The van der Waals surface area contributed by atoms with Gasteiger partial charge in [0, 0.05) is 55.0 Å². The number of benzene rings is 1. The zero-order valence-electron chi connectivity index (χ0n) is 15.1. The Morgan fingerprint density at radius 2 is 1.85 bits per heavy atom. The van der Waals surface area contributed by atoms with E-state index < -0.39 is 0 Å². The van der Waals surface area contributed by atoms with Crippen LogP contribution in [0.25, 0.3) is 6.08 Å². The number of hydrogen-bond acceptors (Lipinski definition) is 5. The number of carbonyl (C=O) groups is 1. The van der Waals surface area contributed by atoms with Crippen molar-refractivity contribution in [3.8, 4) is 6.01 Å². The molecule has 2 saturated heterocycles. The van der Waals surface area contributed by atoms with E-state index in [0.29, 0.717) is 5.56 Å². The van der Waals surface area contributed by atoms with Crippen molar-refractivity contribution in [3.63, 3.8) is 0 Å². The summed E-state index contributed by atoms with van der Waals surface area (Å²) in [7, 11) is 1.51. The van der Waals surface area contributed by atoms with Crippen molar-refractivity contribution < 1.29 is 9.53 Å². The standard InChI is InChI=1S/C20H21BrN4O2/c1-27-19-22-9-16(10-23-19)18(26)25-13-20(14-25)11-24(12-20)8-2-3-15-4-6-17(21)7-5-15/h2-7,9-10H,8,11-14H2,1H3/b3-2+. The summed E-state index contributed by atoms with van der Waals surface area (Å²) in [5.41, 5.74) is 1.99. The first-order valence-corrected chi connectivity index (χ1v) is 9.66. The van der Waals surface area contributed by atoms with E-state index in [0.717, 1.165) is 37.2 Å². The van der Waals surface area contributed by atoms with Crippen LogP contribution in [0.2, 0.25) is 0 Å². The summed E-state index contributed by atoms with van der Waals surface area (Å²) >= 11 is 3.45. The molecule has 3 heterocycles. The summed E-state index contributed by atoms with van der Waals surface area (Å²) in [5.74, 6) is -0.00291. The number of nitrogens with zero attached hydrogens (tertiary/aromatic N) is 4. The van der Waals surface area contributed by atoms with Gasteiger partial charge in [0.25, 0.3) is 5.91 Å². The normalized spacial score (nSPS) is 18.4. The van der Waals surface area contributed by atoms with E-state index in [1.165, 1.54) is 25.1 Å². The van der Waals surface area contributed by atoms with Crippen molar-refractivity contribution in [1.82, 2.24) is 19.8 Å². The molecule has 0 atom stereocenters. The van der Waals surface area contributed by atoms with Gasteiger partial charge in [0.05, 0.1) is 12.7 Å². The van der Waals surface area contributed by atoms with E-state index >= 15 is 0 Å². The van der Waals surface area contributed by atoms with Crippen molar-refractivity contribution >= 4 is 27.9 Å². The molecule has 2 aliphatic rings. The molecule has 2 aliphatic heterocycles. The van der Waals surface area contributed by atoms with Gasteiger partial charge in [0.1, 0.15) is 0 Å². The molecule has 0 radical (unpaired) electrons. The highest BCUT2D eigenvalue weighted by atomic mass is 79.9. The van der Waals surface area contributed by atoms with Crippen molar-refractivity contribution in [3.05, 3.63) is 58.3 Å². The molecule has 2 fully saturated rings. The lowest BCUT2D eigenvalue weighted by molar-refractivity contribution is -0.0933. The first kappa shape index (κ1) is 18.1. The number of halogens is 1. The Hall–Kier alpha value is -2.25. The minimum absolute atomic E-state index is 0.00291. The van der Waals surface area contributed by atoms with Crippen molar-refractivity contribution in [1.29, 1.82) is 0 Å². The minimum Gasteiger partial charge on any atom is -0.467 e. The van der Waals surface area contributed by atoms with Gasteiger partial charge in [-0.1, -0.05) is 40.2 Å². The number of methoxy groups -OCH3 is 1. The average Bonchev–Trinajstić information content (AvgIpc) is 2.63. The second-order valence-corrected chi connectivity index (χ2v) is 8.16. The number of hydrogen-bond donors (Lipinski definition) is 0. The lowest BCUT2D eigenvalue weighted by Gasteiger charge is -2.60. The second kappa shape index (κ2) is 7.40. The number of carbonyl (C=O) groups excluding carboxylic acids is 1. The molecule has 6 nitrogen and oxygen atoms in total. The first-order chi connectivity index (χ1) is 13.1. The molecule has 27 heavy (non-hydrogen) atoms. The van der Waals surface area contributed by atoms with Gasteiger partial charge >= 0.3 is 6.01 Å². The SMILES string of the molecule is COc1ncc(C(=O)N2CC3(CN(C/C=C/c4ccc(Br)cc4)C3)C2)cn1. The Kier molecular flexibility index (Phi) is 4.97. The zero-order chi connectivity index (χ0) is 18.9. The monoisotopic (exact) mass is 428 g/mol. The molecule has 0 bridgehead atoms. The quantitative estimate of drug-likeness (QED) is 0.732. The van der Waals surface area contributed by atoms with Gasteiger partial charge in [0.2, 0.25) is 0 Å². The molecule has 0 saturated carbocycles. The van der Waals surface area contributed by atoms with Crippen molar-refractivity contribution in [2.24, 2.45) is 5.41 Å². The maximum atomic E-state index is 12.5. The number of amides is 1. The molecule has 2 aromatic rings. The predicted molar refractivity (Wildman–Crippen MR) is 107 cm³/mol. The number of aromatic nitrogens is 2. The van der Waals surface area contributed by atoms with E-state index in [9.17, 15) is 4.79 Å². The summed E-state index contributed by atoms with van der Waals surface area (Å²) in [6, 6.07) is 8.56. The fraction of sp³-hybridized carbons (Fsp3) is 0.350. The number of ether oxygens (including phenoxy) is 1. The van der Waals surface area contributed by atoms with Crippen LogP contribution in [0.15, 0.2) is 47.2 Å². The summed E-state index contributed by atoms with van der Waals surface area (Å²) in [5, 5.41) is 0. The second-order valence-electron chi connectivity index (χ2n) is 7.24. The smallest absolute Gasteiger partial charge is 0.316 e. The molecule has 1 amide bonds. The molecular weight excluding hydrogens is 408 g/mol. The van der Waals surface area contributed by atoms with Gasteiger partial charge in [-0.3, -0.25) is 9.69 Å². The average molecular weight is 429 g/mol. The lowest BCUT2D eigenvalue weighted by Crippen LogP contribution is -2.72. The minimum atomic E-state index is -0.00291. The highest BCUT2D eigenvalue weighted by molar-refractivity contribution is 9.10. The Labute approximate surface area is 167 Å². The molecule has 1 aromatic heterocycles. The highest BCUT2D eigenvalue weighted by Gasteiger charge is 2.52. The highest BCUT2D eigenvalue weighted by Crippen LogP contribution is 2.40. The third-order valence-corrected chi connectivity index (χ3v) is 5.59. The summed E-state index contributed by atoms with van der Waals surface area (Å²) < 4.78 is 6.02. The third kappa shape index (κ3) is 3.89. The van der Waals surface area contributed by atoms with E-state index in [4.69, 9.17) is 4.74 Å². The van der Waals surface area contributed by atoms with Crippen LogP contribution in [0.3, 0.4) is 0 Å². The van der Waals surface area contributed by atoms with Gasteiger partial charge in [-0.05, 0) is 17.7 Å². The Balaban J connectivity index is 1.22. The Morgan fingerprint density at radius 3 is 2.48 bits per heavy atom. The molecular formula is C20H21BrN4O2. The molecule has 0 N–H and O–H groups in total. The first-order valence-electron chi connectivity index (χ1n) is 8.87. The van der Waals surface area contributed by atoms with E-state index in [1.807, 2.05) is 17.0 Å². The molecule has 140 valence electrons. The van der Waals surface area contributed by atoms with Crippen molar-refractivity contribution in [2.75, 3.05) is 39.8 Å². The van der Waals surface area contributed by atoms with Crippen molar-refractivity contribution in [2.45, 2.75) is 0 Å². The van der Waals surface area contributed by atoms with Gasteiger partial charge in [-0.2, -0.15) is 0 Å². The molecule has 4 rings (SSSR count). The largest absolute Gasteiger partial charge is 0.467 e. The van der Waals surface area contributed by atoms with E-state index in [-0.39, 0.29) is 17.3 Å². The van der Waals surface area contributed by atoms with E-state index in [2.05, 4.69) is 55.1 Å². The molecule has 7 heteroatoms. The molecule has 1 aromatic carbocycles. The number of rotatable bonds is 5. The lowest BCUT2D eigenvalue weighted by atomic mass is 9.72. The van der Waals surface area contributed by atoms with Crippen LogP contribution in [0.5, 0.6) is 6.01 Å². The Morgan fingerprint density at radius 1 is 1.19 bits per heavy atom. The summed E-state index contributed by atoms with van der Waals surface area (Å²) in [6.45, 7) is 4.65. The predicted octanol–water partition coefficient (Wildman–Crippen LogP) is 2.72. The van der Waals surface area contributed by atoms with Gasteiger partial charge in [-0.25, -0.2) is 9.97 Å². The van der Waals surface area contributed by atoms with Gasteiger partial charge in [0.15, 0.2) is 0 Å².